The van der Waals surface area contributed by atoms with Gasteiger partial charge in [-0.15, -0.1) is 0 Å². The highest BCUT2D eigenvalue weighted by Gasteiger charge is 2.26. The van der Waals surface area contributed by atoms with Crippen molar-refractivity contribution in [3.63, 3.8) is 0 Å². The van der Waals surface area contributed by atoms with Crippen molar-refractivity contribution in [2.24, 2.45) is 0 Å². The zero-order chi connectivity index (χ0) is 20.8. The van der Waals surface area contributed by atoms with Crippen molar-refractivity contribution >= 4 is 29.0 Å². The molecule has 1 N–H and O–H groups in total. The molecule has 2 aromatic rings. The van der Waals surface area contributed by atoms with E-state index in [1.54, 1.807) is 11.1 Å². The molecule has 1 aliphatic rings. The molecule has 7 heteroatoms. The van der Waals surface area contributed by atoms with E-state index in [2.05, 4.69) is 33.9 Å². The molecule has 3 rings (SSSR count). The van der Waals surface area contributed by atoms with Gasteiger partial charge in [-0.1, -0.05) is 6.07 Å². The molecule has 1 aliphatic heterocycles. The van der Waals surface area contributed by atoms with Crippen molar-refractivity contribution in [2.75, 3.05) is 54.4 Å². The first-order valence-corrected chi connectivity index (χ1v) is 10.1. The van der Waals surface area contributed by atoms with E-state index in [0.29, 0.717) is 31.9 Å². The summed E-state index contributed by atoms with van der Waals surface area (Å²) in [6, 6.07) is 11.7. The second-order valence-electron chi connectivity index (χ2n) is 7.09. The molecule has 2 heterocycles. The van der Waals surface area contributed by atoms with E-state index < -0.39 is 11.8 Å². The largest absolute Gasteiger partial charge is 0.372 e. The Hall–Kier alpha value is -3.09. The standard InChI is InChI=1S/C22H29N5O2/c1-4-25(5-2)18-9-10-19(17(3)16-18)24-21(28)22(29)27-14-12-26(13-15-27)20-8-6-7-11-23-20/h6-11,16H,4-5,12-15H2,1-3H3,(H,24,28). The Morgan fingerprint density at radius 1 is 1.07 bits per heavy atom. The molecule has 7 nitrogen and oxygen atoms in total. The van der Waals surface area contributed by atoms with Gasteiger partial charge in [0.05, 0.1) is 0 Å². The van der Waals surface area contributed by atoms with Gasteiger partial charge in [-0.3, -0.25) is 9.59 Å². The van der Waals surface area contributed by atoms with E-state index >= 15 is 0 Å². The summed E-state index contributed by atoms with van der Waals surface area (Å²) < 4.78 is 0. The number of carbonyl (C=O) groups is 2. The van der Waals surface area contributed by atoms with Crippen LogP contribution in [0.4, 0.5) is 17.2 Å². The Kier molecular flexibility index (Phi) is 6.69. The van der Waals surface area contributed by atoms with Gasteiger partial charge in [-0.2, -0.15) is 0 Å². The number of benzene rings is 1. The average Bonchev–Trinajstić information content (AvgIpc) is 2.76. The van der Waals surface area contributed by atoms with Crippen LogP contribution in [0.25, 0.3) is 0 Å². The molecule has 0 bridgehead atoms. The lowest BCUT2D eigenvalue weighted by atomic mass is 10.1. The van der Waals surface area contributed by atoms with E-state index in [1.165, 1.54) is 0 Å². The van der Waals surface area contributed by atoms with Gasteiger partial charge < -0.3 is 20.0 Å². The molecule has 0 unspecified atom stereocenters. The fraction of sp³-hybridized carbons (Fsp3) is 0.409. The smallest absolute Gasteiger partial charge is 0.313 e. The molecule has 154 valence electrons. The van der Waals surface area contributed by atoms with Gasteiger partial charge in [-0.25, -0.2) is 4.98 Å². The van der Waals surface area contributed by atoms with Crippen LogP contribution in [0.2, 0.25) is 0 Å². The first-order valence-electron chi connectivity index (χ1n) is 10.1. The van der Waals surface area contributed by atoms with Crippen molar-refractivity contribution in [2.45, 2.75) is 20.8 Å². The fourth-order valence-corrected chi connectivity index (χ4v) is 3.57. The topological polar surface area (TPSA) is 68.8 Å². The molecule has 1 aromatic carbocycles. The van der Waals surface area contributed by atoms with Crippen LogP contribution in [-0.2, 0) is 9.59 Å². The van der Waals surface area contributed by atoms with Gasteiger partial charge in [0.25, 0.3) is 0 Å². The van der Waals surface area contributed by atoms with Gasteiger partial charge in [0, 0.05) is 56.8 Å². The highest BCUT2D eigenvalue weighted by atomic mass is 16.2. The molecule has 0 spiro atoms. The minimum absolute atomic E-state index is 0.488. The molecular formula is C22H29N5O2. The molecule has 1 saturated heterocycles. The van der Waals surface area contributed by atoms with Gasteiger partial charge in [0.15, 0.2) is 0 Å². The lowest BCUT2D eigenvalue weighted by molar-refractivity contribution is -0.143. The second-order valence-corrected chi connectivity index (χ2v) is 7.09. The quantitative estimate of drug-likeness (QED) is 0.788. The number of aromatic nitrogens is 1. The summed E-state index contributed by atoms with van der Waals surface area (Å²) in [5.74, 6) is -0.180. The Balaban J connectivity index is 1.58. The highest BCUT2D eigenvalue weighted by molar-refractivity contribution is 6.39. The SMILES string of the molecule is CCN(CC)c1ccc(NC(=O)C(=O)N2CCN(c3ccccn3)CC2)c(C)c1. The summed E-state index contributed by atoms with van der Waals surface area (Å²) in [6.07, 6.45) is 1.76. The van der Waals surface area contributed by atoms with E-state index in [4.69, 9.17) is 0 Å². The average molecular weight is 396 g/mol. The van der Waals surface area contributed by atoms with Crippen LogP contribution in [0.1, 0.15) is 19.4 Å². The maximum atomic E-state index is 12.6. The normalized spacial score (nSPS) is 13.9. The Labute approximate surface area is 172 Å². The van der Waals surface area contributed by atoms with Crippen molar-refractivity contribution in [1.29, 1.82) is 0 Å². The van der Waals surface area contributed by atoms with Crippen molar-refractivity contribution in [3.05, 3.63) is 48.2 Å². The summed E-state index contributed by atoms with van der Waals surface area (Å²) in [5, 5.41) is 2.78. The molecular weight excluding hydrogens is 366 g/mol. The third-order valence-electron chi connectivity index (χ3n) is 5.32. The van der Waals surface area contributed by atoms with Crippen LogP contribution < -0.4 is 15.1 Å². The number of nitrogens with zero attached hydrogens (tertiary/aromatic N) is 4. The number of rotatable bonds is 5. The summed E-state index contributed by atoms with van der Waals surface area (Å²) in [6.45, 7) is 10.3. The lowest BCUT2D eigenvalue weighted by Gasteiger charge is -2.35. The lowest BCUT2D eigenvalue weighted by Crippen LogP contribution is -2.51. The molecule has 0 aliphatic carbocycles. The highest BCUT2D eigenvalue weighted by Crippen LogP contribution is 2.23. The van der Waals surface area contributed by atoms with Crippen LogP contribution in [0.15, 0.2) is 42.6 Å². The first-order chi connectivity index (χ1) is 14.0. The molecule has 1 aromatic heterocycles. The van der Waals surface area contributed by atoms with Crippen LogP contribution >= 0.6 is 0 Å². The number of hydrogen-bond acceptors (Lipinski definition) is 5. The number of amides is 2. The summed E-state index contributed by atoms with van der Waals surface area (Å²) in [7, 11) is 0. The molecule has 0 radical (unpaired) electrons. The number of nitrogens with one attached hydrogen (secondary N) is 1. The minimum atomic E-state index is -0.588. The molecule has 0 saturated carbocycles. The molecule has 0 atom stereocenters. The monoisotopic (exact) mass is 395 g/mol. The predicted octanol–water partition coefficient (Wildman–Crippen LogP) is 2.52. The molecule has 1 fully saturated rings. The maximum absolute atomic E-state index is 12.6. The number of pyridine rings is 1. The third-order valence-corrected chi connectivity index (χ3v) is 5.32. The van der Waals surface area contributed by atoms with Gasteiger partial charge in [0.2, 0.25) is 0 Å². The van der Waals surface area contributed by atoms with E-state index in [-0.39, 0.29) is 0 Å². The van der Waals surface area contributed by atoms with Crippen LogP contribution in [0.5, 0.6) is 0 Å². The predicted molar refractivity (Wildman–Crippen MR) is 116 cm³/mol. The Bertz CT molecular complexity index is 844. The number of piperazine rings is 1. The number of hydrogen-bond donors (Lipinski definition) is 1. The van der Waals surface area contributed by atoms with E-state index in [0.717, 1.165) is 30.2 Å². The number of anilines is 3. The fourth-order valence-electron chi connectivity index (χ4n) is 3.57. The minimum Gasteiger partial charge on any atom is -0.372 e. The van der Waals surface area contributed by atoms with Crippen LogP contribution in [-0.4, -0.2) is 61.0 Å². The number of carbonyl (C=O) groups excluding carboxylic acids is 2. The maximum Gasteiger partial charge on any atom is 0.313 e. The van der Waals surface area contributed by atoms with Crippen LogP contribution in [0.3, 0.4) is 0 Å². The number of aryl methyl sites for hydroxylation is 1. The molecule has 2 amide bonds. The zero-order valence-electron chi connectivity index (χ0n) is 17.4. The first kappa shape index (κ1) is 20.6. The zero-order valence-corrected chi connectivity index (χ0v) is 17.4. The summed E-state index contributed by atoms with van der Waals surface area (Å²) >= 11 is 0. The van der Waals surface area contributed by atoms with Crippen LogP contribution in [0, 0.1) is 6.92 Å². The van der Waals surface area contributed by atoms with Crippen molar-refractivity contribution < 1.29 is 9.59 Å². The Morgan fingerprint density at radius 2 is 1.79 bits per heavy atom. The summed E-state index contributed by atoms with van der Waals surface area (Å²) in [4.78, 5) is 35.4. The van der Waals surface area contributed by atoms with Gasteiger partial charge >= 0.3 is 11.8 Å². The Morgan fingerprint density at radius 3 is 2.38 bits per heavy atom. The van der Waals surface area contributed by atoms with Gasteiger partial charge in [-0.05, 0) is 56.7 Å². The van der Waals surface area contributed by atoms with E-state index in [1.807, 2.05) is 43.3 Å². The molecule has 29 heavy (non-hydrogen) atoms. The second kappa shape index (κ2) is 9.41. The van der Waals surface area contributed by atoms with Crippen molar-refractivity contribution in [1.82, 2.24) is 9.88 Å². The van der Waals surface area contributed by atoms with Crippen molar-refractivity contribution in [3.8, 4) is 0 Å². The third kappa shape index (κ3) is 4.85. The van der Waals surface area contributed by atoms with E-state index in [9.17, 15) is 9.59 Å². The van der Waals surface area contributed by atoms with Gasteiger partial charge in [0.1, 0.15) is 5.82 Å². The summed E-state index contributed by atoms with van der Waals surface area (Å²) in [5.41, 5.74) is 2.73.